The zero-order valence-electron chi connectivity index (χ0n) is 17.8. The van der Waals surface area contributed by atoms with Crippen molar-refractivity contribution in [2.24, 2.45) is 17.8 Å². The molecule has 0 saturated heterocycles. The molecule has 10 heteroatoms. The van der Waals surface area contributed by atoms with Gasteiger partial charge in [-0.2, -0.15) is 0 Å². The molecule has 0 spiro atoms. The number of Topliss-reactive ketones (excluding diaryl/α,β-unsaturated/α-hetero) is 2. The zero-order valence-corrected chi connectivity index (χ0v) is 21.0. The normalized spacial score (nSPS) is 9.97. The lowest BCUT2D eigenvalue weighted by atomic mass is 10.1. The lowest BCUT2D eigenvalue weighted by Gasteiger charge is -2.11. The highest BCUT2D eigenvalue weighted by molar-refractivity contribution is 7.51. The molecule has 0 aliphatic heterocycles. The SMILES string of the molecule is C.C.C.C.C.C.C.C.C.CCC(C)C(=O)OOP(OP)OP.CCC(C)C(C)=O.CCC(C)C(C)=O. The third-order valence-electron chi connectivity index (χ3n) is 3.98. The van der Waals surface area contributed by atoms with Gasteiger partial charge in [0.25, 0.3) is 0 Å². The van der Waals surface area contributed by atoms with E-state index in [1.807, 2.05) is 53.6 Å². The number of rotatable bonds is 10. The molecule has 0 aromatic heterocycles. The summed E-state index contributed by atoms with van der Waals surface area (Å²) in [7, 11) is 2.27. The Balaban J connectivity index is -0.0000000225. The van der Waals surface area contributed by atoms with E-state index in [1.54, 1.807) is 20.8 Å². The Morgan fingerprint density at radius 2 is 0.861 bits per heavy atom. The second-order valence-electron chi connectivity index (χ2n) is 6.06. The molecule has 234 valence electrons. The summed E-state index contributed by atoms with van der Waals surface area (Å²) in [4.78, 5) is 36.3. The van der Waals surface area contributed by atoms with Crippen molar-refractivity contribution in [1.29, 1.82) is 0 Å². The van der Waals surface area contributed by atoms with Crippen LogP contribution in [0.1, 0.15) is 141 Å². The van der Waals surface area contributed by atoms with Gasteiger partial charge < -0.3 is 0 Å². The highest BCUT2D eigenvalue weighted by Crippen LogP contribution is 2.44. The summed E-state index contributed by atoms with van der Waals surface area (Å²) in [5.74, 6) is 0.495. The van der Waals surface area contributed by atoms with Crippen molar-refractivity contribution in [3.63, 3.8) is 0 Å². The zero-order chi connectivity index (χ0) is 22.0. The van der Waals surface area contributed by atoms with Crippen molar-refractivity contribution in [3.05, 3.63) is 0 Å². The van der Waals surface area contributed by atoms with Crippen molar-refractivity contribution >= 4 is 45.1 Å². The summed E-state index contributed by atoms with van der Waals surface area (Å²) < 4.78 is 13.8. The van der Waals surface area contributed by atoms with Gasteiger partial charge in [0.1, 0.15) is 11.6 Å². The van der Waals surface area contributed by atoms with E-state index in [2.05, 4.69) is 18.2 Å². The predicted octanol–water partition coefficient (Wildman–Crippen LogP) is 11.3. The Morgan fingerprint density at radius 3 is 1.00 bits per heavy atom. The molecule has 0 heterocycles. The van der Waals surface area contributed by atoms with Crippen LogP contribution in [0.5, 0.6) is 0 Å². The minimum absolute atomic E-state index is 0. The van der Waals surface area contributed by atoms with Crippen molar-refractivity contribution in [3.8, 4) is 0 Å². The van der Waals surface area contributed by atoms with E-state index in [4.69, 9.17) is 0 Å². The molecule has 0 rings (SSSR count). The van der Waals surface area contributed by atoms with Gasteiger partial charge in [-0.1, -0.05) is 108 Å². The molecule has 7 nitrogen and oxygen atoms in total. The summed E-state index contributed by atoms with van der Waals surface area (Å²) >= 11 is 0. The molecule has 0 bridgehead atoms. The van der Waals surface area contributed by atoms with Crippen LogP contribution in [0.25, 0.3) is 0 Å². The van der Waals surface area contributed by atoms with Gasteiger partial charge in [0.05, 0.1) is 5.92 Å². The van der Waals surface area contributed by atoms with Gasteiger partial charge in [-0.25, -0.2) is 4.79 Å². The van der Waals surface area contributed by atoms with Crippen molar-refractivity contribution in [2.45, 2.75) is 141 Å². The van der Waals surface area contributed by atoms with E-state index in [-0.39, 0.29) is 84.6 Å². The third kappa shape index (κ3) is 50.8. The summed E-state index contributed by atoms with van der Waals surface area (Å²) in [6.45, 7) is 14.8. The molecule has 0 aromatic rings. The molecule has 0 amide bonds. The van der Waals surface area contributed by atoms with Gasteiger partial charge >= 0.3 is 14.6 Å². The fraction of sp³-hybridized carbons (Fsp3) is 0.885. The number of carbonyl (C=O) groups excluding carboxylic acids is 3. The van der Waals surface area contributed by atoms with E-state index in [0.29, 0.717) is 18.0 Å². The molecule has 0 aliphatic carbocycles. The largest absolute Gasteiger partial charge is 0.381 e. The standard InChI is InChI=1S/2C6H12O.C5H13O5P3.9CH4/c2*1-4-5(2)6(3)7;1-3-4(2)5(6)7-8-13(9-11)10-12;;;;;;;;;/h2*5H,4H2,1-3H3;4H,3,11-12H2,1-2H3;9*1H4. The number of carbonyl (C=O) groups is 3. The quantitative estimate of drug-likeness (QED) is 0.142. The smallest absolute Gasteiger partial charge is 0.300 e. The molecule has 0 fully saturated rings. The minimum atomic E-state index is -1.64. The van der Waals surface area contributed by atoms with Gasteiger partial charge in [-0.05, 0) is 33.1 Å². The molecule has 0 aliphatic rings. The maximum absolute atomic E-state index is 11.0. The van der Waals surface area contributed by atoms with Gasteiger partial charge in [0.15, 0.2) is 0 Å². The van der Waals surface area contributed by atoms with Crippen LogP contribution in [0.15, 0.2) is 0 Å². The van der Waals surface area contributed by atoms with E-state index in [1.165, 1.54) is 0 Å². The highest BCUT2D eigenvalue weighted by atomic mass is 31.2. The maximum atomic E-state index is 11.0. The average molecular weight is 591 g/mol. The molecule has 0 radical (unpaired) electrons. The Kier molecular flexibility index (Phi) is 110. The van der Waals surface area contributed by atoms with Crippen LogP contribution >= 0.6 is 27.5 Å². The third-order valence-corrected chi connectivity index (χ3v) is 5.55. The van der Waals surface area contributed by atoms with Crippen LogP contribution in [-0.4, -0.2) is 17.5 Å². The van der Waals surface area contributed by atoms with Crippen molar-refractivity contribution < 1.29 is 32.6 Å². The summed E-state index contributed by atoms with van der Waals surface area (Å²) in [5.41, 5.74) is 0. The predicted molar refractivity (Wildman–Crippen MR) is 176 cm³/mol. The second kappa shape index (κ2) is 51.6. The number of ketones is 2. The molecule has 0 saturated carbocycles. The van der Waals surface area contributed by atoms with Crippen LogP contribution in [0, 0.1) is 17.8 Å². The van der Waals surface area contributed by atoms with Gasteiger partial charge in [-0.15, -0.1) is 4.67 Å². The Labute approximate surface area is 236 Å². The number of hydrogen-bond acceptors (Lipinski definition) is 7. The topological polar surface area (TPSA) is 88.1 Å². The Hall–Kier alpha value is -0.0200. The molecule has 36 heavy (non-hydrogen) atoms. The lowest BCUT2D eigenvalue weighted by molar-refractivity contribution is -0.220. The Morgan fingerprint density at radius 1 is 0.611 bits per heavy atom. The van der Waals surface area contributed by atoms with Gasteiger partial charge in [0.2, 0.25) is 0 Å². The summed E-state index contributed by atoms with van der Waals surface area (Å²) in [5, 5.41) is 0. The van der Waals surface area contributed by atoms with Crippen LogP contribution in [0.4, 0.5) is 0 Å². The van der Waals surface area contributed by atoms with E-state index < -0.39 is 14.6 Å². The second-order valence-corrected chi connectivity index (χ2v) is 8.34. The maximum Gasteiger partial charge on any atom is 0.381 e. The monoisotopic (exact) mass is 590 g/mol. The fourth-order valence-corrected chi connectivity index (χ4v) is 2.01. The summed E-state index contributed by atoms with van der Waals surface area (Å²) in [6.07, 6.45) is 2.63. The Bertz CT molecular complexity index is 389. The molecule has 5 atom stereocenters. The van der Waals surface area contributed by atoms with Crippen molar-refractivity contribution in [1.82, 2.24) is 0 Å². The van der Waals surface area contributed by atoms with Crippen LogP contribution in [0.2, 0.25) is 0 Å². The van der Waals surface area contributed by atoms with Crippen LogP contribution in [-0.2, 0) is 32.6 Å². The van der Waals surface area contributed by atoms with E-state index in [0.717, 1.165) is 12.8 Å². The molecule has 0 aromatic carbocycles. The molecular formula is C26H73O7P3. The molecular weight excluding hydrogens is 517 g/mol. The highest BCUT2D eigenvalue weighted by Gasteiger charge is 2.17. The average Bonchev–Trinajstić information content (AvgIpc) is 2.67. The van der Waals surface area contributed by atoms with E-state index >= 15 is 0 Å². The first-order valence-corrected chi connectivity index (χ1v) is 11.0. The molecule has 0 N–H and O–H groups in total. The van der Waals surface area contributed by atoms with Crippen LogP contribution < -0.4 is 0 Å². The molecule has 5 unspecified atom stereocenters. The number of hydrogen-bond donors (Lipinski definition) is 0. The first-order valence-electron chi connectivity index (χ1n) is 8.95. The first-order chi connectivity index (χ1) is 12.5. The lowest BCUT2D eigenvalue weighted by Crippen LogP contribution is -2.12. The fourth-order valence-electron chi connectivity index (χ4n) is 0.951. The van der Waals surface area contributed by atoms with Gasteiger partial charge in [-0.3, -0.25) is 23.1 Å². The summed E-state index contributed by atoms with van der Waals surface area (Å²) in [6, 6.07) is 0. The van der Waals surface area contributed by atoms with Crippen LogP contribution in [0.3, 0.4) is 0 Å². The van der Waals surface area contributed by atoms with E-state index in [9.17, 15) is 14.4 Å². The first kappa shape index (κ1) is 76.6. The van der Waals surface area contributed by atoms with Crippen molar-refractivity contribution in [2.75, 3.05) is 0 Å². The minimum Gasteiger partial charge on any atom is -0.300 e. The van der Waals surface area contributed by atoms with Gasteiger partial charge in [0, 0.05) is 30.8 Å².